The molecule has 1 aliphatic heterocycles. The fourth-order valence-corrected chi connectivity index (χ4v) is 2.64. The highest BCUT2D eigenvalue weighted by Gasteiger charge is 2.18. The molecule has 3 aromatic rings. The summed E-state index contributed by atoms with van der Waals surface area (Å²) < 4.78 is 15.9. The quantitative estimate of drug-likeness (QED) is 0.693. The van der Waals surface area contributed by atoms with Crippen molar-refractivity contribution in [1.29, 1.82) is 0 Å². The summed E-state index contributed by atoms with van der Waals surface area (Å²) in [4.78, 5) is 4.37. The monoisotopic (exact) mass is 334 g/mol. The second kappa shape index (κ2) is 5.19. The lowest BCUT2D eigenvalue weighted by molar-refractivity contribution is 0.174. The van der Waals surface area contributed by atoms with Gasteiger partial charge in [0.15, 0.2) is 11.5 Å². The largest absolute Gasteiger partial charge is 0.454 e. The maximum Gasteiger partial charge on any atom is 0.258 e. The third kappa shape index (κ3) is 2.28. The van der Waals surface area contributed by atoms with Crippen molar-refractivity contribution in [2.45, 2.75) is 0 Å². The van der Waals surface area contributed by atoms with Crippen LogP contribution in [0.4, 0.5) is 0 Å². The van der Waals surface area contributed by atoms with Gasteiger partial charge in [-0.1, -0.05) is 28.4 Å². The van der Waals surface area contributed by atoms with Gasteiger partial charge in [-0.25, -0.2) is 0 Å². The molecule has 0 atom stereocenters. The summed E-state index contributed by atoms with van der Waals surface area (Å²) in [5.41, 5.74) is 1.40. The van der Waals surface area contributed by atoms with E-state index in [1.54, 1.807) is 30.3 Å². The molecule has 0 aliphatic carbocycles. The number of fused-ring (bicyclic) bond motifs is 1. The SMILES string of the molecule is Clc1ccc(-c2noc(-c3ccc4c(c3)OCO4)n2)c(Cl)c1. The third-order valence-electron chi connectivity index (χ3n) is 3.22. The highest BCUT2D eigenvalue weighted by Crippen LogP contribution is 2.36. The number of hydrogen-bond donors (Lipinski definition) is 0. The van der Waals surface area contributed by atoms with Crippen molar-refractivity contribution >= 4 is 23.2 Å². The standard InChI is InChI=1S/C15H8Cl2N2O3/c16-9-2-3-10(11(17)6-9)14-18-15(22-19-14)8-1-4-12-13(5-8)21-7-20-12/h1-6H,7H2. The predicted molar refractivity (Wildman–Crippen MR) is 81.3 cm³/mol. The molecule has 0 amide bonds. The Hall–Kier alpha value is -2.24. The van der Waals surface area contributed by atoms with Crippen molar-refractivity contribution in [3.63, 3.8) is 0 Å². The van der Waals surface area contributed by atoms with Gasteiger partial charge >= 0.3 is 0 Å². The summed E-state index contributed by atoms with van der Waals surface area (Å²) in [5.74, 6) is 2.12. The Morgan fingerprint density at radius 3 is 2.68 bits per heavy atom. The first kappa shape index (κ1) is 13.4. The molecule has 0 radical (unpaired) electrons. The maximum atomic E-state index is 6.15. The van der Waals surface area contributed by atoms with E-state index in [0.717, 1.165) is 5.56 Å². The lowest BCUT2D eigenvalue weighted by Gasteiger charge is -1.99. The van der Waals surface area contributed by atoms with Gasteiger partial charge in [0, 0.05) is 16.1 Å². The van der Waals surface area contributed by atoms with Crippen LogP contribution in [0.5, 0.6) is 11.5 Å². The molecule has 1 aliphatic rings. The number of halogens is 2. The lowest BCUT2D eigenvalue weighted by atomic mass is 10.2. The number of nitrogens with zero attached hydrogens (tertiary/aromatic N) is 2. The molecule has 2 aromatic carbocycles. The molecule has 0 fully saturated rings. The number of rotatable bonds is 2. The average molecular weight is 335 g/mol. The Morgan fingerprint density at radius 1 is 0.955 bits per heavy atom. The van der Waals surface area contributed by atoms with Gasteiger partial charge in [0.25, 0.3) is 5.89 Å². The minimum absolute atomic E-state index is 0.217. The van der Waals surface area contributed by atoms with Crippen LogP contribution in [0.3, 0.4) is 0 Å². The molecule has 22 heavy (non-hydrogen) atoms. The molecule has 7 heteroatoms. The zero-order chi connectivity index (χ0) is 15.1. The van der Waals surface area contributed by atoms with Crippen molar-refractivity contribution in [3.8, 4) is 34.3 Å². The highest BCUT2D eigenvalue weighted by atomic mass is 35.5. The van der Waals surface area contributed by atoms with Crippen LogP contribution in [0.1, 0.15) is 0 Å². The predicted octanol–water partition coefficient (Wildman–Crippen LogP) is 4.44. The van der Waals surface area contributed by atoms with E-state index < -0.39 is 0 Å². The van der Waals surface area contributed by atoms with Gasteiger partial charge < -0.3 is 14.0 Å². The first-order chi connectivity index (χ1) is 10.7. The van der Waals surface area contributed by atoms with Gasteiger partial charge in [0.05, 0.1) is 5.02 Å². The van der Waals surface area contributed by atoms with E-state index in [2.05, 4.69) is 10.1 Å². The Morgan fingerprint density at radius 2 is 1.82 bits per heavy atom. The molecular weight excluding hydrogens is 327 g/mol. The molecule has 0 saturated heterocycles. The fourth-order valence-electron chi connectivity index (χ4n) is 2.15. The number of benzene rings is 2. The summed E-state index contributed by atoms with van der Waals surface area (Å²) in [6.45, 7) is 0.217. The second-order valence-corrected chi connectivity index (χ2v) is 5.46. The van der Waals surface area contributed by atoms with Gasteiger partial charge in [0.2, 0.25) is 12.6 Å². The molecule has 1 aromatic heterocycles. The van der Waals surface area contributed by atoms with E-state index >= 15 is 0 Å². The zero-order valence-electron chi connectivity index (χ0n) is 11.0. The highest BCUT2D eigenvalue weighted by molar-refractivity contribution is 6.36. The van der Waals surface area contributed by atoms with Gasteiger partial charge in [-0.2, -0.15) is 4.98 Å². The molecule has 2 heterocycles. The second-order valence-electron chi connectivity index (χ2n) is 4.62. The summed E-state index contributed by atoms with van der Waals surface area (Å²) in [7, 11) is 0. The van der Waals surface area contributed by atoms with Crippen LogP contribution in [-0.4, -0.2) is 16.9 Å². The van der Waals surface area contributed by atoms with Crippen molar-refractivity contribution in [2.24, 2.45) is 0 Å². The van der Waals surface area contributed by atoms with E-state index in [1.807, 2.05) is 6.07 Å². The smallest absolute Gasteiger partial charge is 0.258 e. The molecule has 0 bridgehead atoms. The molecular formula is C15H8Cl2N2O3. The summed E-state index contributed by atoms with van der Waals surface area (Å²) in [6.07, 6.45) is 0. The first-order valence-corrected chi connectivity index (χ1v) is 7.15. The fraction of sp³-hybridized carbons (Fsp3) is 0.0667. The van der Waals surface area contributed by atoms with E-state index in [0.29, 0.717) is 38.8 Å². The Bertz CT molecular complexity index is 864. The summed E-state index contributed by atoms with van der Waals surface area (Å²) >= 11 is 12.0. The molecule has 4 rings (SSSR count). The van der Waals surface area contributed by atoms with Crippen molar-refractivity contribution in [1.82, 2.24) is 10.1 Å². The van der Waals surface area contributed by atoms with Crippen molar-refractivity contribution in [2.75, 3.05) is 6.79 Å². The molecule has 0 unspecified atom stereocenters. The normalized spacial score (nSPS) is 12.6. The minimum Gasteiger partial charge on any atom is -0.454 e. The molecule has 0 N–H and O–H groups in total. The van der Waals surface area contributed by atoms with Crippen molar-refractivity contribution in [3.05, 3.63) is 46.4 Å². The van der Waals surface area contributed by atoms with Gasteiger partial charge in [0.1, 0.15) is 0 Å². The van der Waals surface area contributed by atoms with Crippen LogP contribution in [-0.2, 0) is 0 Å². The molecule has 0 spiro atoms. The van der Waals surface area contributed by atoms with Crippen LogP contribution in [0.25, 0.3) is 22.8 Å². The topological polar surface area (TPSA) is 57.4 Å². The van der Waals surface area contributed by atoms with Crippen LogP contribution >= 0.6 is 23.2 Å². The van der Waals surface area contributed by atoms with Gasteiger partial charge in [-0.3, -0.25) is 0 Å². The van der Waals surface area contributed by atoms with Crippen LogP contribution in [0, 0.1) is 0 Å². The van der Waals surface area contributed by atoms with E-state index in [4.69, 9.17) is 37.2 Å². The molecule has 0 saturated carbocycles. The van der Waals surface area contributed by atoms with Crippen LogP contribution in [0.15, 0.2) is 40.9 Å². The Labute approximate surface area is 135 Å². The Balaban J connectivity index is 1.72. The van der Waals surface area contributed by atoms with Crippen molar-refractivity contribution < 1.29 is 14.0 Å². The van der Waals surface area contributed by atoms with Gasteiger partial charge in [-0.05, 0) is 36.4 Å². The summed E-state index contributed by atoms with van der Waals surface area (Å²) in [6, 6.07) is 10.5. The van der Waals surface area contributed by atoms with Gasteiger partial charge in [-0.15, -0.1) is 0 Å². The van der Waals surface area contributed by atoms with E-state index in [-0.39, 0.29) is 6.79 Å². The summed E-state index contributed by atoms with van der Waals surface area (Å²) in [5, 5.41) is 4.97. The molecule has 5 nitrogen and oxygen atoms in total. The average Bonchev–Trinajstić information content (AvgIpc) is 3.15. The molecule has 110 valence electrons. The Kier molecular flexibility index (Phi) is 3.17. The minimum atomic E-state index is 0.217. The van der Waals surface area contributed by atoms with E-state index in [9.17, 15) is 0 Å². The van der Waals surface area contributed by atoms with Crippen LogP contribution in [0.2, 0.25) is 10.0 Å². The number of aromatic nitrogens is 2. The number of hydrogen-bond acceptors (Lipinski definition) is 5. The number of ether oxygens (including phenoxy) is 2. The first-order valence-electron chi connectivity index (χ1n) is 6.40. The maximum absolute atomic E-state index is 6.15. The third-order valence-corrected chi connectivity index (χ3v) is 3.77. The van der Waals surface area contributed by atoms with Crippen LogP contribution < -0.4 is 9.47 Å². The lowest BCUT2D eigenvalue weighted by Crippen LogP contribution is -1.92. The van der Waals surface area contributed by atoms with E-state index in [1.165, 1.54) is 0 Å². The zero-order valence-corrected chi connectivity index (χ0v) is 12.6.